The van der Waals surface area contributed by atoms with Crippen LogP contribution in [0.1, 0.15) is 66.4 Å². The van der Waals surface area contributed by atoms with Gasteiger partial charge in [0, 0.05) is 5.56 Å². The minimum Gasteiger partial charge on any atom is -0.288 e. The van der Waals surface area contributed by atoms with Gasteiger partial charge in [-0.1, -0.05) is 12.8 Å². The van der Waals surface area contributed by atoms with E-state index in [9.17, 15) is 9.18 Å². The second kappa shape index (κ2) is 5.59. The predicted octanol–water partition coefficient (Wildman–Crippen LogP) is 4.02. The number of carbonyl (C=O) groups excluding carboxylic acids is 1. The van der Waals surface area contributed by atoms with Crippen LogP contribution in [0.4, 0.5) is 4.39 Å². The van der Waals surface area contributed by atoms with Crippen molar-refractivity contribution in [1.29, 1.82) is 0 Å². The maximum Gasteiger partial charge on any atom is 0.274 e. The lowest BCUT2D eigenvalue weighted by atomic mass is 9.55. The lowest BCUT2D eigenvalue weighted by Crippen LogP contribution is -2.40. The quantitative estimate of drug-likeness (QED) is 0.639. The van der Waals surface area contributed by atoms with Gasteiger partial charge in [-0.15, -0.1) is 0 Å². The van der Waals surface area contributed by atoms with Crippen LogP contribution in [0, 0.1) is 23.1 Å². The van der Waals surface area contributed by atoms with Gasteiger partial charge in [-0.3, -0.25) is 10.0 Å². The van der Waals surface area contributed by atoms with Crippen molar-refractivity contribution in [2.24, 2.45) is 17.3 Å². The van der Waals surface area contributed by atoms with E-state index in [1.807, 2.05) is 0 Å². The van der Waals surface area contributed by atoms with E-state index < -0.39 is 5.91 Å². The van der Waals surface area contributed by atoms with E-state index in [-0.39, 0.29) is 11.4 Å². The average molecular weight is 317 g/mol. The Hall–Kier alpha value is -1.42. The van der Waals surface area contributed by atoms with Gasteiger partial charge in [-0.2, -0.15) is 0 Å². The van der Waals surface area contributed by atoms with Crippen LogP contribution in [0.5, 0.6) is 0 Å². The van der Waals surface area contributed by atoms with Crippen LogP contribution in [0.25, 0.3) is 0 Å². The first-order valence-corrected chi connectivity index (χ1v) is 8.86. The molecule has 1 amide bonds. The molecule has 0 bridgehead atoms. The number of hydroxylamine groups is 1. The molecule has 2 N–H and O–H groups in total. The summed E-state index contributed by atoms with van der Waals surface area (Å²) in [6.07, 6.45) is 11.0. The highest BCUT2D eigenvalue weighted by atomic mass is 19.1. The van der Waals surface area contributed by atoms with Crippen LogP contribution in [-0.2, 0) is 12.8 Å². The number of benzene rings is 1. The third kappa shape index (κ3) is 2.57. The van der Waals surface area contributed by atoms with Crippen molar-refractivity contribution in [2.75, 3.05) is 0 Å². The summed E-state index contributed by atoms with van der Waals surface area (Å²) in [5.74, 6) is 0.429. The summed E-state index contributed by atoms with van der Waals surface area (Å²) in [5.41, 5.74) is 4.17. The molecule has 3 aliphatic carbocycles. The largest absolute Gasteiger partial charge is 0.288 e. The van der Waals surface area contributed by atoms with Crippen molar-refractivity contribution in [1.82, 2.24) is 5.48 Å². The molecule has 0 saturated heterocycles. The Morgan fingerprint density at radius 2 is 1.96 bits per heavy atom. The maximum atomic E-state index is 14.4. The fourth-order valence-electron chi connectivity index (χ4n) is 5.37. The normalized spacial score (nSPS) is 25.9. The summed E-state index contributed by atoms with van der Waals surface area (Å²) in [6.45, 7) is 0. The molecular formula is C19H24FNO2. The molecule has 1 spiro atoms. The molecule has 1 aromatic rings. The third-order valence-corrected chi connectivity index (χ3v) is 6.62. The van der Waals surface area contributed by atoms with Crippen LogP contribution in [0.3, 0.4) is 0 Å². The number of hydrogen-bond acceptors (Lipinski definition) is 2. The molecule has 4 heteroatoms. The molecule has 1 unspecified atom stereocenters. The molecule has 2 fully saturated rings. The standard InChI is InChI=1S/C19H24FNO2/c20-17-9-14(18(22)21-23)7-13-4-3-12(8-16(13)17)15-10-19(11-15)5-1-2-6-19/h7,9,12,15,23H,1-6,8,10-11H2,(H,21,22). The van der Waals surface area contributed by atoms with E-state index in [1.54, 1.807) is 11.5 Å². The predicted molar refractivity (Wildman–Crippen MR) is 84.8 cm³/mol. The number of nitrogens with one attached hydrogen (secondary N) is 1. The van der Waals surface area contributed by atoms with Crippen LogP contribution in [0.15, 0.2) is 12.1 Å². The van der Waals surface area contributed by atoms with Crippen LogP contribution in [-0.4, -0.2) is 11.1 Å². The molecule has 23 heavy (non-hydrogen) atoms. The Morgan fingerprint density at radius 1 is 1.22 bits per heavy atom. The highest BCUT2D eigenvalue weighted by Crippen LogP contribution is 2.59. The number of carbonyl (C=O) groups is 1. The van der Waals surface area contributed by atoms with Gasteiger partial charge in [-0.05, 0) is 85.5 Å². The zero-order valence-electron chi connectivity index (χ0n) is 13.4. The molecule has 0 aromatic heterocycles. The molecule has 3 nitrogen and oxygen atoms in total. The van der Waals surface area contributed by atoms with Gasteiger partial charge in [0.2, 0.25) is 0 Å². The fraction of sp³-hybridized carbons (Fsp3) is 0.632. The molecule has 3 aliphatic rings. The topological polar surface area (TPSA) is 49.3 Å². The van der Waals surface area contributed by atoms with Crippen molar-refractivity contribution in [3.05, 3.63) is 34.6 Å². The second-order valence-electron chi connectivity index (χ2n) is 7.91. The average Bonchev–Trinajstić information content (AvgIpc) is 3.02. The molecule has 1 aromatic carbocycles. The summed E-state index contributed by atoms with van der Waals surface area (Å²) < 4.78 is 14.4. The molecule has 1 atom stereocenters. The molecule has 2 saturated carbocycles. The molecule has 4 rings (SSSR count). The van der Waals surface area contributed by atoms with Crippen molar-refractivity contribution < 1.29 is 14.4 Å². The zero-order chi connectivity index (χ0) is 16.0. The van der Waals surface area contributed by atoms with Gasteiger partial charge in [-0.25, -0.2) is 9.87 Å². The molecular weight excluding hydrogens is 293 g/mol. The Balaban J connectivity index is 1.48. The summed E-state index contributed by atoms with van der Waals surface area (Å²) in [7, 11) is 0. The first kappa shape index (κ1) is 15.1. The van der Waals surface area contributed by atoms with Gasteiger partial charge in [0.05, 0.1) is 0 Å². The number of rotatable bonds is 2. The Labute approximate surface area is 136 Å². The molecule has 0 radical (unpaired) electrons. The lowest BCUT2D eigenvalue weighted by molar-refractivity contribution is 0.0169. The molecule has 0 heterocycles. The van der Waals surface area contributed by atoms with Gasteiger partial charge in [0.15, 0.2) is 0 Å². The number of hydrogen-bond donors (Lipinski definition) is 2. The van der Waals surface area contributed by atoms with Crippen LogP contribution in [0.2, 0.25) is 0 Å². The molecule has 124 valence electrons. The summed E-state index contributed by atoms with van der Waals surface area (Å²) in [6, 6.07) is 2.99. The SMILES string of the molecule is O=C(NO)c1cc(F)c2c(c1)CCC(C1CC3(CCCC3)C1)C2. The first-order chi connectivity index (χ1) is 11.1. The van der Waals surface area contributed by atoms with E-state index in [0.717, 1.165) is 36.3 Å². The Bertz CT molecular complexity index is 629. The van der Waals surface area contributed by atoms with Crippen molar-refractivity contribution in [2.45, 2.75) is 57.8 Å². The van der Waals surface area contributed by atoms with Crippen molar-refractivity contribution >= 4 is 5.91 Å². The molecule has 0 aliphatic heterocycles. The third-order valence-electron chi connectivity index (χ3n) is 6.62. The number of halogens is 1. The minimum absolute atomic E-state index is 0.204. The van der Waals surface area contributed by atoms with E-state index in [2.05, 4.69) is 0 Å². The van der Waals surface area contributed by atoms with Crippen LogP contribution < -0.4 is 5.48 Å². The van der Waals surface area contributed by atoms with Gasteiger partial charge < -0.3 is 0 Å². The number of fused-ring (bicyclic) bond motifs is 1. The summed E-state index contributed by atoms with van der Waals surface area (Å²) in [4.78, 5) is 11.5. The smallest absolute Gasteiger partial charge is 0.274 e. The second-order valence-corrected chi connectivity index (χ2v) is 7.91. The lowest BCUT2D eigenvalue weighted by Gasteiger charge is -2.50. The van der Waals surface area contributed by atoms with Crippen molar-refractivity contribution in [3.8, 4) is 0 Å². The van der Waals surface area contributed by atoms with E-state index in [4.69, 9.17) is 5.21 Å². The zero-order valence-corrected chi connectivity index (χ0v) is 13.4. The summed E-state index contributed by atoms with van der Waals surface area (Å²) in [5, 5.41) is 8.72. The van der Waals surface area contributed by atoms with Gasteiger partial charge in [0.1, 0.15) is 5.82 Å². The van der Waals surface area contributed by atoms with Gasteiger partial charge >= 0.3 is 0 Å². The Kier molecular flexibility index (Phi) is 3.67. The Morgan fingerprint density at radius 3 is 2.65 bits per heavy atom. The fourth-order valence-corrected chi connectivity index (χ4v) is 5.37. The monoisotopic (exact) mass is 317 g/mol. The highest BCUT2D eigenvalue weighted by Gasteiger charge is 2.48. The van der Waals surface area contributed by atoms with Crippen LogP contribution >= 0.6 is 0 Å². The highest BCUT2D eigenvalue weighted by molar-refractivity contribution is 5.93. The minimum atomic E-state index is -0.643. The number of aryl methyl sites for hydroxylation is 1. The van der Waals surface area contributed by atoms with Crippen molar-refractivity contribution in [3.63, 3.8) is 0 Å². The maximum absolute atomic E-state index is 14.4. The van der Waals surface area contributed by atoms with E-state index >= 15 is 0 Å². The summed E-state index contributed by atoms with van der Waals surface area (Å²) >= 11 is 0. The van der Waals surface area contributed by atoms with Gasteiger partial charge in [0.25, 0.3) is 5.91 Å². The first-order valence-electron chi connectivity index (χ1n) is 8.86. The van der Waals surface area contributed by atoms with E-state index in [0.29, 0.717) is 11.3 Å². The number of amides is 1. The van der Waals surface area contributed by atoms with E-state index in [1.165, 1.54) is 44.6 Å².